The molecule has 2 aliphatic carbocycles. The first-order valence-corrected chi connectivity index (χ1v) is 8.49. The van der Waals surface area contributed by atoms with Crippen molar-refractivity contribution in [1.29, 1.82) is 0 Å². The summed E-state index contributed by atoms with van der Waals surface area (Å²) in [6.45, 7) is 0.375. The summed E-state index contributed by atoms with van der Waals surface area (Å²) >= 11 is 0. The van der Waals surface area contributed by atoms with Crippen molar-refractivity contribution in [3.8, 4) is 11.5 Å². The van der Waals surface area contributed by atoms with E-state index in [4.69, 9.17) is 4.52 Å². The Labute approximate surface area is 140 Å². The molecule has 4 rings (SSSR count). The van der Waals surface area contributed by atoms with Crippen LogP contribution in [0, 0.1) is 5.92 Å². The summed E-state index contributed by atoms with van der Waals surface area (Å²) in [5, 5.41) is 14.0. The Morgan fingerprint density at radius 2 is 2.00 bits per heavy atom. The van der Waals surface area contributed by atoms with E-state index in [9.17, 15) is 9.90 Å². The molecule has 0 saturated heterocycles. The van der Waals surface area contributed by atoms with Crippen molar-refractivity contribution in [2.45, 2.75) is 37.7 Å². The highest BCUT2D eigenvalue weighted by Crippen LogP contribution is 2.38. The van der Waals surface area contributed by atoms with Gasteiger partial charge in [0.05, 0.1) is 6.10 Å². The number of nitrogens with zero attached hydrogens (tertiary/aromatic N) is 3. The van der Waals surface area contributed by atoms with Crippen molar-refractivity contribution >= 4 is 5.91 Å². The molecule has 1 N–H and O–H groups in total. The van der Waals surface area contributed by atoms with Crippen LogP contribution in [0.15, 0.2) is 28.8 Å². The number of aliphatic hydroxyl groups is 1. The molecule has 1 aromatic heterocycles. The van der Waals surface area contributed by atoms with Gasteiger partial charge in [-0.1, -0.05) is 5.16 Å². The van der Waals surface area contributed by atoms with E-state index in [0.29, 0.717) is 29.8 Å². The van der Waals surface area contributed by atoms with Gasteiger partial charge in [-0.3, -0.25) is 4.79 Å². The minimum absolute atomic E-state index is 0.0922. The quantitative estimate of drug-likeness (QED) is 0.881. The van der Waals surface area contributed by atoms with Crippen LogP contribution in [0.4, 0.5) is 0 Å². The summed E-state index contributed by atoms with van der Waals surface area (Å²) in [5.41, 5.74) is 1.40. The van der Waals surface area contributed by atoms with Crippen LogP contribution in [0.3, 0.4) is 0 Å². The van der Waals surface area contributed by atoms with Gasteiger partial charge in [0.1, 0.15) is 0 Å². The van der Waals surface area contributed by atoms with E-state index < -0.39 is 6.10 Å². The van der Waals surface area contributed by atoms with E-state index in [0.717, 1.165) is 37.1 Å². The fraction of sp³-hybridized carbons (Fsp3) is 0.500. The van der Waals surface area contributed by atoms with Crippen LogP contribution in [0.25, 0.3) is 11.5 Å². The topological polar surface area (TPSA) is 79.5 Å². The zero-order valence-corrected chi connectivity index (χ0v) is 13.7. The molecule has 0 aliphatic heterocycles. The molecule has 2 aliphatic rings. The highest BCUT2D eigenvalue weighted by Gasteiger charge is 2.31. The second-order valence-corrected chi connectivity index (χ2v) is 6.90. The molecule has 1 heterocycles. The van der Waals surface area contributed by atoms with Gasteiger partial charge in [-0.2, -0.15) is 4.98 Å². The third-order valence-electron chi connectivity index (χ3n) is 4.74. The van der Waals surface area contributed by atoms with E-state index in [-0.39, 0.29) is 5.91 Å². The molecule has 0 spiro atoms. The molecule has 2 aromatic rings. The van der Waals surface area contributed by atoms with Crippen molar-refractivity contribution in [3.63, 3.8) is 0 Å². The largest absolute Gasteiger partial charge is 0.391 e. The smallest absolute Gasteiger partial charge is 0.257 e. The molecule has 1 amide bonds. The van der Waals surface area contributed by atoms with E-state index in [1.165, 1.54) is 0 Å². The summed E-state index contributed by atoms with van der Waals surface area (Å²) in [7, 11) is 1.72. The number of amides is 1. The second-order valence-electron chi connectivity index (χ2n) is 6.90. The molecule has 2 saturated carbocycles. The summed E-state index contributed by atoms with van der Waals surface area (Å²) in [4.78, 5) is 18.4. The fourth-order valence-corrected chi connectivity index (χ4v) is 2.83. The minimum Gasteiger partial charge on any atom is -0.391 e. The van der Waals surface area contributed by atoms with Gasteiger partial charge in [0.2, 0.25) is 0 Å². The normalized spacial score (nSPS) is 18.4. The highest BCUT2D eigenvalue weighted by molar-refractivity contribution is 5.94. The maximum absolute atomic E-state index is 12.4. The number of carbonyl (C=O) groups is 1. The molecule has 6 nitrogen and oxygen atoms in total. The summed E-state index contributed by atoms with van der Waals surface area (Å²) in [6.07, 6.45) is 3.96. The van der Waals surface area contributed by atoms with E-state index in [1.54, 1.807) is 24.1 Å². The number of carbonyl (C=O) groups excluding carboxylic acids is 1. The van der Waals surface area contributed by atoms with Gasteiger partial charge >= 0.3 is 0 Å². The molecule has 6 heteroatoms. The van der Waals surface area contributed by atoms with Gasteiger partial charge in [0.25, 0.3) is 11.8 Å². The number of hydrogen-bond acceptors (Lipinski definition) is 5. The standard InChI is InChI=1S/C18H21N3O3/c1-21(10-15(22)11-2-3-11)18(23)14-8-6-13(7-9-14)17-19-16(20-24-17)12-4-5-12/h6-9,11-12,15,22H,2-5,10H2,1H3/t15-/m0/s1. The SMILES string of the molecule is CN(C[C@H](O)C1CC1)C(=O)c1ccc(-c2nc(C3CC3)no2)cc1. The molecule has 0 radical (unpaired) electrons. The monoisotopic (exact) mass is 327 g/mol. The average Bonchev–Trinajstić information content (AvgIpc) is 3.52. The molecule has 0 unspecified atom stereocenters. The molecule has 1 aromatic carbocycles. The first-order chi connectivity index (χ1) is 11.6. The third kappa shape index (κ3) is 3.19. The molecule has 1 atom stereocenters. The highest BCUT2D eigenvalue weighted by atomic mass is 16.5. The lowest BCUT2D eigenvalue weighted by atomic mass is 10.1. The van der Waals surface area contributed by atoms with Crippen LogP contribution in [0.1, 0.15) is 47.8 Å². The number of likely N-dealkylation sites (N-methyl/N-ethyl adjacent to an activating group) is 1. The summed E-state index contributed by atoms with van der Waals surface area (Å²) < 4.78 is 5.30. The average molecular weight is 327 g/mol. The molecular weight excluding hydrogens is 306 g/mol. The Hall–Kier alpha value is -2.21. The van der Waals surface area contributed by atoms with E-state index in [2.05, 4.69) is 10.1 Å². The molecule has 0 bridgehead atoms. The lowest BCUT2D eigenvalue weighted by Gasteiger charge is -2.20. The van der Waals surface area contributed by atoms with E-state index in [1.807, 2.05) is 12.1 Å². The Morgan fingerprint density at radius 3 is 2.62 bits per heavy atom. The zero-order chi connectivity index (χ0) is 16.7. The third-order valence-corrected chi connectivity index (χ3v) is 4.74. The van der Waals surface area contributed by atoms with Crippen LogP contribution in [-0.2, 0) is 0 Å². The zero-order valence-electron chi connectivity index (χ0n) is 13.7. The van der Waals surface area contributed by atoms with Crippen LogP contribution in [0.2, 0.25) is 0 Å². The summed E-state index contributed by atoms with van der Waals surface area (Å²) in [6, 6.07) is 7.17. The number of aliphatic hydroxyl groups excluding tert-OH is 1. The van der Waals surface area contributed by atoms with Crippen molar-refractivity contribution in [3.05, 3.63) is 35.7 Å². The van der Waals surface area contributed by atoms with Crippen LogP contribution in [0.5, 0.6) is 0 Å². The van der Waals surface area contributed by atoms with Crippen molar-refractivity contribution < 1.29 is 14.4 Å². The predicted molar refractivity (Wildman–Crippen MR) is 87.4 cm³/mol. The lowest BCUT2D eigenvalue weighted by molar-refractivity contribution is 0.0645. The van der Waals surface area contributed by atoms with Gasteiger partial charge in [-0.25, -0.2) is 0 Å². The fourth-order valence-electron chi connectivity index (χ4n) is 2.83. The van der Waals surface area contributed by atoms with Gasteiger partial charge in [0.15, 0.2) is 5.82 Å². The summed E-state index contributed by atoms with van der Waals surface area (Å²) in [5.74, 6) is 1.99. The van der Waals surface area contributed by atoms with E-state index >= 15 is 0 Å². The second kappa shape index (κ2) is 6.02. The number of aromatic nitrogens is 2. The number of hydrogen-bond donors (Lipinski definition) is 1. The Bertz CT molecular complexity index is 732. The van der Waals surface area contributed by atoms with Gasteiger partial charge < -0.3 is 14.5 Å². The minimum atomic E-state index is -0.419. The Morgan fingerprint density at radius 1 is 1.29 bits per heavy atom. The van der Waals surface area contributed by atoms with Crippen molar-refractivity contribution in [2.24, 2.45) is 5.92 Å². The van der Waals surface area contributed by atoms with Gasteiger partial charge in [-0.15, -0.1) is 0 Å². The van der Waals surface area contributed by atoms with Crippen molar-refractivity contribution in [1.82, 2.24) is 15.0 Å². The molecular formula is C18H21N3O3. The van der Waals surface area contributed by atoms with Gasteiger partial charge in [-0.05, 0) is 55.9 Å². The van der Waals surface area contributed by atoms with Crippen LogP contribution < -0.4 is 0 Å². The maximum atomic E-state index is 12.4. The Kier molecular flexibility index (Phi) is 3.84. The van der Waals surface area contributed by atoms with Crippen molar-refractivity contribution in [2.75, 3.05) is 13.6 Å². The molecule has 24 heavy (non-hydrogen) atoms. The number of benzene rings is 1. The van der Waals surface area contributed by atoms with Crippen LogP contribution in [-0.4, -0.2) is 45.8 Å². The maximum Gasteiger partial charge on any atom is 0.257 e. The Balaban J connectivity index is 1.42. The van der Waals surface area contributed by atoms with Crippen LogP contribution >= 0.6 is 0 Å². The first kappa shape index (κ1) is 15.3. The first-order valence-electron chi connectivity index (χ1n) is 8.49. The molecule has 2 fully saturated rings. The van der Waals surface area contributed by atoms with Gasteiger partial charge in [0, 0.05) is 30.6 Å². The lowest BCUT2D eigenvalue weighted by Crippen LogP contribution is -2.35. The predicted octanol–water partition coefficient (Wildman–Crippen LogP) is 2.46. The number of rotatable bonds is 6. The molecule has 126 valence electrons.